The van der Waals surface area contributed by atoms with Crippen molar-refractivity contribution in [3.63, 3.8) is 0 Å². The zero-order chi connectivity index (χ0) is 24.3. The minimum absolute atomic E-state index is 0.0134. The highest BCUT2D eigenvalue weighted by Gasteiger charge is 2.38. The van der Waals surface area contributed by atoms with E-state index in [0.29, 0.717) is 12.3 Å². The summed E-state index contributed by atoms with van der Waals surface area (Å²) in [7, 11) is -1.63. The van der Waals surface area contributed by atoms with Gasteiger partial charge in [-0.25, -0.2) is 8.42 Å². The molecule has 1 aromatic rings. The van der Waals surface area contributed by atoms with Crippen LogP contribution in [0.2, 0.25) is 0 Å². The Balaban J connectivity index is 1.67. The molecule has 1 fully saturated rings. The van der Waals surface area contributed by atoms with Gasteiger partial charge in [-0.2, -0.15) is 4.31 Å². The van der Waals surface area contributed by atoms with E-state index < -0.39 is 16.1 Å². The van der Waals surface area contributed by atoms with Gasteiger partial charge in [-0.1, -0.05) is 31.9 Å². The van der Waals surface area contributed by atoms with Gasteiger partial charge >= 0.3 is 0 Å². The Hall–Kier alpha value is -1.41. The first-order chi connectivity index (χ1) is 16.3. The second-order valence-corrected chi connectivity index (χ2v) is 12.6. The molecule has 1 heterocycles. The predicted octanol–water partition coefficient (Wildman–Crippen LogP) is 4.53. The smallest absolute Gasteiger partial charge is 0.247 e. The first-order valence-corrected chi connectivity index (χ1v) is 14.5. The third-order valence-electron chi connectivity index (χ3n) is 7.87. The van der Waals surface area contributed by atoms with E-state index >= 15 is 0 Å². The lowest BCUT2D eigenvalue weighted by Crippen LogP contribution is -2.49. The van der Waals surface area contributed by atoms with Gasteiger partial charge in [0.15, 0.2) is 0 Å². The third-order valence-corrected chi connectivity index (χ3v) is 9.88. The molecule has 1 aliphatic heterocycles. The molecule has 3 atom stereocenters. The van der Waals surface area contributed by atoms with Crippen molar-refractivity contribution in [3.8, 4) is 5.75 Å². The van der Waals surface area contributed by atoms with Gasteiger partial charge < -0.3 is 14.7 Å². The molecule has 0 amide bonds. The maximum absolute atomic E-state index is 13.7. The number of hydrogen-bond donors (Lipinski definition) is 1. The largest absolute Gasteiger partial charge is 0.487 e. The van der Waals surface area contributed by atoms with Crippen LogP contribution in [0.1, 0.15) is 70.8 Å². The second kappa shape index (κ2) is 11.1. The maximum atomic E-state index is 13.7. The summed E-state index contributed by atoms with van der Waals surface area (Å²) in [6.45, 7) is 5.78. The number of benzene rings is 1. The Bertz CT molecular complexity index is 971. The number of sulfonamides is 1. The molecule has 0 unspecified atom stereocenters. The monoisotopic (exact) mass is 490 g/mol. The van der Waals surface area contributed by atoms with Crippen molar-refractivity contribution < 1.29 is 18.3 Å². The third kappa shape index (κ3) is 5.69. The van der Waals surface area contributed by atoms with E-state index in [2.05, 4.69) is 24.9 Å². The molecule has 2 aliphatic carbocycles. The summed E-state index contributed by atoms with van der Waals surface area (Å²) in [5.74, 6) is 1.18. The highest BCUT2D eigenvalue weighted by atomic mass is 32.2. The van der Waals surface area contributed by atoms with Crippen LogP contribution in [-0.2, 0) is 10.0 Å². The summed E-state index contributed by atoms with van der Waals surface area (Å²) in [4.78, 5) is 2.57. The minimum atomic E-state index is -3.79. The van der Waals surface area contributed by atoms with Crippen LogP contribution in [0, 0.1) is 11.8 Å². The summed E-state index contributed by atoms with van der Waals surface area (Å²) >= 11 is 0. The highest BCUT2D eigenvalue weighted by molar-refractivity contribution is 7.89. The van der Waals surface area contributed by atoms with Gasteiger partial charge in [0, 0.05) is 31.6 Å². The Labute approximate surface area is 206 Å². The van der Waals surface area contributed by atoms with Crippen LogP contribution in [0.25, 0.3) is 5.57 Å². The van der Waals surface area contributed by atoms with Gasteiger partial charge in [0.05, 0.1) is 6.61 Å². The fraction of sp³-hybridized carbons (Fsp3) is 0.704. The van der Waals surface area contributed by atoms with Crippen molar-refractivity contribution in [3.05, 3.63) is 29.8 Å². The van der Waals surface area contributed by atoms with Crippen LogP contribution in [-0.4, -0.2) is 68.2 Å². The average Bonchev–Trinajstić information content (AvgIpc) is 3.34. The minimum Gasteiger partial charge on any atom is -0.487 e. The van der Waals surface area contributed by atoms with Crippen LogP contribution in [0.3, 0.4) is 0 Å². The predicted molar refractivity (Wildman–Crippen MR) is 136 cm³/mol. The van der Waals surface area contributed by atoms with E-state index in [9.17, 15) is 13.5 Å². The van der Waals surface area contributed by atoms with E-state index in [4.69, 9.17) is 4.74 Å². The molecular weight excluding hydrogens is 448 g/mol. The number of aliphatic hydroxyl groups is 1. The summed E-state index contributed by atoms with van der Waals surface area (Å²) < 4.78 is 35.4. The van der Waals surface area contributed by atoms with E-state index in [1.807, 2.05) is 12.1 Å². The Kier molecular flexibility index (Phi) is 8.39. The molecule has 4 rings (SSSR count). The number of fused-ring (bicyclic) bond motifs is 1. The Morgan fingerprint density at radius 1 is 1.18 bits per heavy atom. The second-order valence-electron chi connectivity index (χ2n) is 10.7. The van der Waals surface area contributed by atoms with Crippen molar-refractivity contribution in [2.75, 3.05) is 33.3 Å². The molecule has 1 saturated carbocycles. The molecule has 1 aromatic carbocycles. The number of allylic oxidation sites excluding steroid dienone is 2. The summed E-state index contributed by atoms with van der Waals surface area (Å²) in [6.07, 6.45) is 11.8. The lowest BCUT2D eigenvalue weighted by Gasteiger charge is -2.38. The number of ether oxygens (including phenoxy) is 1. The molecule has 0 bridgehead atoms. The molecular formula is C27H42N2O4S. The quantitative estimate of drug-likeness (QED) is 0.608. The maximum Gasteiger partial charge on any atom is 0.247 e. The molecule has 0 radical (unpaired) electrons. The first-order valence-electron chi connectivity index (χ1n) is 13.1. The molecule has 0 aromatic heterocycles. The summed E-state index contributed by atoms with van der Waals surface area (Å²) in [6, 6.07) is 5.08. The van der Waals surface area contributed by atoms with E-state index in [-0.39, 0.29) is 23.5 Å². The lowest BCUT2D eigenvalue weighted by atomic mass is 9.93. The average molecular weight is 491 g/mol. The fourth-order valence-electron chi connectivity index (χ4n) is 5.76. The standard InChI is InChI=1S/C27H42N2O4S/c1-20-16-29(21(2)19-30)34(31,32)27-14-13-24(23-11-5-4-6-12-23)15-25(27)33-26(20)18-28(3)17-22-9-7-8-10-22/h11,13-15,20-22,26,30H,4-10,12,16-19H2,1-3H3/t20-,21+,26+/m1/s1. The van der Waals surface area contributed by atoms with Crippen LogP contribution >= 0.6 is 0 Å². The Morgan fingerprint density at radius 2 is 1.94 bits per heavy atom. The molecule has 0 spiro atoms. The highest BCUT2D eigenvalue weighted by Crippen LogP contribution is 2.37. The Morgan fingerprint density at radius 3 is 2.62 bits per heavy atom. The zero-order valence-electron chi connectivity index (χ0n) is 21.1. The van der Waals surface area contributed by atoms with Crippen LogP contribution in [0.5, 0.6) is 5.75 Å². The van der Waals surface area contributed by atoms with Crippen molar-refractivity contribution in [1.82, 2.24) is 9.21 Å². The molecule has 7 heteroatoms. The lowest BCUT2D eigenvalue weighted by molar-refractivity contribution is 0.0712. The molecule has 34 heavy (non-hydrogen) atoms. The van der Waals surface area contributed by atoms with Crippen molar-refractivity contribution >= 4 is 15.6 Å². The number of rotatable bonds is 7. The zero-order valence-corrected chi connectivity index (χ0v) is 21.9. The number of nitrogens with zero attached hydrogens (tertiary/aromatic N) is 2. The van der Waals surface area contributed by atoms with Gasteiger partial charge in [0.2, 0.25) is 10.0 Å². The van der Waals surface area contributed by atoms with Gasteiger partial charge in [0.1, 0.15) is 16.7 Å². The number of aliphatic hydroxyl groups excluding tert-OH is 1. The first kappa shape index (κ1) is 25.7. The summed E-state index contributed by atoms with van der Waals surface area (Å²) in [5.41, 5.74) is 2.34. The van der Waals surface area contributed by atoms with Gasteiger partial charge in [-0.3, -0.25) is 0 Å². The normalized spacial score (nSPS) is 26.9. The van der Waals surface area contributed by atoms with Crippen LogP contribution < -0.4 is 4.74 Å². The van der Waals surface area contributed by atoms with E-state index in [1.165, 1.54) is 42.0 Å². The number of likely N-dealkylation sites (N-methyl/N-ethyl adjacent to an activating group) is 1. The molecule has 0 saturated heterocycles. The topological polar surface area (TPSA) is 70.1 Å². The number of hydrogen-bond acceptors (Lipinski definition) is 5. The molecule has 6 nitrogen and oxygen atoms in total. The van der Waals surface area contributed by atoms with Crippen LogP contribution in [0.4, 0.5) is 0 Å². The van der Waals surface area contributed by atoms with Gasteiger partial charge in [0.25, 0.3) is 0 Å². The summed E-state index contributed by atoms with van der Waals surface area (Å²) in [5, 5.41) is 9.85. The van der Waals surface area contributed by atoms with E-state index in [1.54, 1.807) is 13.0 Å². The molecule has 190 valence electrons. The van der Waals surface area contributed by atoms with E-state index in [0.717, 1.165) is 43.8 Å². The molecule has 3 aliphatic rings. The van der Waals surface area contributed by atoms with Gasteiger partial charge in [-0.15, -0.1) is 0 Å². The van der Waals surface area contributed by atoms with Crippen LogP contribution in [0.15, 0.2) is 29.2 Å². The van der Waals surface area contributed by atoms with Crippen molar-refractivity contribution in [2.24, 2.45) is 11.8 Å². The van der Waals surface area contributed by atoms with Gasteiger partial charge in [-0.05, 0) is 81.7 Å². The van der Waals surface area contributed by atoms with Crippen molar-refractivity contribution in [1.29, 1.82) is 0 Å². The SMILES string of the molecule is C[C@@H]1CN([C@@H](C)CO)S(=O)(=O)c2ccc(C3=CCCCC3)cc2O[C@H]1CN(C)CC1CCCC1. The molecule has 1 N–H and O–H groups in total. The van der Waals surface area contributed by atoms with Crippen molar-refractivity contribution in [2.45, 2.75) is 82.3 Å². The fourth-order valence-corrected chi connectivity index (χ4v) is 7.58.